The van der Waals surface area contributed by atoms with Crippen molar-refractivity contribution in [2.75, 3.05) is 12.4 Å². The highest BCUT2D eigenvalue weighted by molar-refractivity contribution is 6.04. The van der Waals surface area contributed by atoms with Gasteiger partial charge in [0.25, 0.3) is 0 Å². The summed E-state index contributed by atoms with van der Waals surface area (Å²) in [5.74, 6) is -0.494. The third-order valence-corrected chi connectivity index (χ3v) is 3.49. The van der Waals surface area contributed by atoms with E-state index in [0.29, 0.717) is 22.5 Å². The number of pyridine rings is 1. The van der Waals surface area contributed by atoms with Gasteiger partial charge >= 0.3 is 5.97 Å². The predicted molar refractivity (Wildman–Crippen MR) is 90.0 cm³/mol. The molecule has 0 saturated carbocycles. The van der Waals surface area contributed by atoms with Gasteiger partial charge in [-0.2, -0.15) is 0 Å². The number of hydrogen-bond donors (Lipinski definition) is 2. The number of rotatable bonds is 4. The maximum Gasteiger partial charge on any atom is 0.335 e. The molecule has 120 valence electrons. The van der Waals surface area contributed by atoms with Crippen molar-refractivity contribution in [2.45, 2.75) is 20.8 Å². The minimum atomic E-state index is -0.988. The average molecular weight is 312 g/mol. The second kappa shape index (κ2) is 6.20. The number of carbonyl (C=O) groups is 2. The van der Waals surface area contributed by atoms with Crippen LogP contribution in [-0.2, 0) is 0 Å². The van der Waals surface area contributed by atoms with Gasteiger partial charge in [-0.15, -0.1) is 0 Å². The number of nitrogens with one attached hydrogen (secondary N) is 1. The van der Waals surface area contributed by atoms with Gasteiger partial charge in [0.15, 0.2) is 5.78 Å². The van der Waals surface area contributed by atoms with Crippen molar-refractivity contribution in [2.24, 2.45) is 5.41 Å². The van der Waals surface area contributed by atoms with Gasteiger partial charge in [-0.25, -0.2) is 9.78 Å². The van der Waals surface area contributed by atoms with Crippen LogP contribution >= 0.6 is 0 Å². The van der Waals surface area contributed by atoms with Gasteiger partial charge in [-0.05, 0) is 23.8 Å². The summed E-state index contributed by atoms with van der Waals surface area (Å²) in [5.41, 5.74) is 1.58. The van der Waals surface area contributed by atoms with Crippen LogP contribution in [0.3, 0.4) is 0 Å². The third kappa shape index (κ3) is 3.56. The number of benzene rings is 1. The Hall–Kier alpha value is -2.69. The van der Waals surface area contributed by atoms with Crippen molar-refractivity contribution in [3.05, 3.63) is 47.7 Å². The van der Waals surface area contributed by atoms with E-state index in [9.17, 15) is 9.59 Å². The Bertz CT molecular complexity index is 761. The number of nitrogens with zero attached hydrogens (tertiary/aromatic N) is 1. The zero-order valence-electron chi connectivity index (χ0n) is 13.7. The van der Waals surface area contributed by atoms with Gasteiger partial charge < -0.3 is 10.4 Å². The maximum absolute atomic E-state index is 12.6. The van der Waals surface area contributed by atoms with E-state index in [1.165, 1.54) is 6.07 Å². The molecule has 0 spiro atoms. The van der Waals surface area contributed by atoms with Crippen LogP contribution in [0.4, 0.5) is 5.82 Å². The van der Waals surface area contributed by atoms with E-state index >= 15 is 0 Å². The van der Waals surface area contributed by atoms with Gasteiger partial charge in [-0.1, -0.05) is 32.9 Å². The van der Waals surface area contributed by atoms with Crippen molar-refractivity contribution in [1.82, 2.24) is 4.98 Å². The fraction of sp³-hybridized carbons (Fsp3) is 0.278. The quantitative estimate of drug-likeness (QED) is 0.841. The molecule has 0 unspecified atom stereocenters. The van der Waals surface area contributed by atoms with E-state index in [1.54, 1.807) is 37.5 Å². The smallest absolute Gasteiger partial charge is 0.335 e. The highest BCUT2D eigenvalue weighted by Crippen LogP contribution is 2.29. The number of Topliss-reactive ketones (excluding diaryl/α,β-unsaturated/α-hetero) is 1. The highest BCUT2D eigenvalue weighted by Gasteiger charge is 2.26. The Kier molecular flexibility index (Phi) is 4.50. The number of ketones is 1. The summed E-state index contributed by atoms with van der Waals surface area (Å²) in [4.78, 5) is 28.0. The summed E-state index contributed by atoms with van der Waals surface area (Å²) >= 11 is 0. The molecule has 0 aliphatic rings. The molecule has 0 aliphatic carbocycles. The summed E-state index contributed by atoms with van der Waals surface area (Å²) in [6.07, 6.45) is 1.63. The lowest BCUT2D eigenvalue weighted by Gasteiger charge is -2.19. The lowest BCUT2D eigenvalue weighted by Crippen LogP contribution is -2.21. The predicted octanol–water partition coefficient (Wildman–Crippen LogP) is 3.72. The highest BCUT2D eigenvalue weighted by atomic mass is 16.4. The number of aromatic carboxylic acids is 1. The molecule has 5 nitrogen and oxygen atoms in total. The van der Waals surface area contributed by atoms with Crippen LogP contribution in [0.2, 0.25) is 0 Å². The topological polar surface area (TPSA) is 79.3 Å². The van der Waals surface area contributed by atoms with E-state index in [0.717, 1.165) is 0 Å². The Labute approximate surface area is 135 Å². The first-order chi connectivity index (χ1) is 10.7. The second-order valence-electron chi connectivity index (χ2n) is 6.34. The van der Waals surface area contributed by atoms with Crippen LogP contribution in [0.5, 0.6) is 0 Å². The summed E-state index contributed by atoms with van der Waals surface area (Å²) < 4.78 is 0. The van der Waals surface area contributed by atoms with E-state index < -0.39 is 11.4 Å². The minimum Gasteiger partial charge on any atom is -0.478 e. The summed E-state index contributed by atoms with van der Waals surface area (Å²) in [6.45, 7) is 5.56. The molecule has 23 heavy (non-hydrogen) atoms. The number of hydrogen-bond acceptors (Lipinski definition) is 4. The van der Waals surface area contributed by atoms with Crippen LogP contribution in [0.1, 0.15) is 41.5 Å². The fourth-order valence-electron chi connectivity index (χ4n) is 2.23. The summed E-state index contributed by atoms with van der Waals surface area (Å²) in [6, 6.07) is 8.34. The number of anilines is 1. The molecule has 1 aromatic heterocycles. The first-order valence-electron chi connectivity index (χ1n) is 7.30. The third-order valence-electron chi connectivity index (χ3n) is 3.49. The Morgan fingerprint density at radius 3 is 2.39 bits per heavy atom. The van der Waals surface area contributed by atoms with Crippen LogP contribution in [0.15, 0.2) is 36.5 Å². The van der Waals surface area contributed by atoms with Crippen molar-refractivity contribution >= 4 is 17.6 Å². The van der Waals surface area contributed by atoms with Crippen LogP contribution in [0, 0.1) is 5.41 Å². The molecule has 2 N–H and O–H groups in total. The van der Waals surface area contributed by atoms with E-state index in [4.69, 9.17) is 5.11 Å². The minimum absolute atomic E-state index is 0.0226. The Balaban J connectivity index is 2.56. The van der Waals surface area contributed by atoms with Crippen molar-refractivity contribution in [1.29, 1.82) is 0 Å². The summed E-state index contributed by atoms with van der Waals surface area (Å²) in [7, 11) is 1.71. The maximum atomic E-state index is 12.6. The van der Waals surface area contributed by atoms with E-state index in [-0.39, 0.29) is 11.3 Å². The van der Waals surface area contributed by atoms with Gasteiger partial charge in [0.2, 0.25) is 0 Å². The van der Waals surface area contributed by atoms with Crippen LogP contribution in [-0.4, -0.2) is 28.9 Å². The average Bonchev–Trinajstić information content (AvgIpc) is 2.52. The summed E-state index contributed by atoms with van der Waals surface area (Å²) in [5, 5.41) is 12.0. The molecule has 0 saturated heterocycles. The lowest BCUT2D eigenvalue weighted by molar-refractivity contribution is 0.0696. The molecule has 5 heteroatoms. The fourth-order valence-corrected chi connectivity index (χ4v) is 2.23. The first-order valence-corrected chi connectivity index (χ1v) is 7.30. The molecule has 0 bridgehead atoms. The number of aromatic nitrogens is 1. The van der Waals surface area contributed by atoms with Gasteiger partial charge in [0, 0.05) is 24.2 Å². The molecule has 0 radical (unpaired) electrons. The molecule has 2 aromatic rings. The second-order valence-corrected chi connectivity index (χ2v) is 6.34. The van der Waals surface area contributed by atoms with Crippen LogP contribution < -0.4 is 5.32 Å². The van der Waals surface area contributed by atoms with Crippen LogP contribution in [0.25, 0.3) is 11.1 Å². The molecule has 2 rings (SSSR count). The van der Waals surface area contributed by atoms with Crippen molar-refractivity contribution in [3.63, 3.8) is 0 Å². The first kappa shape index (κ1) is 16.7. The Morgan fingerprint density at radius 2 is 1.83 bits per heavy atom. The Morgan fingerprint density at radius 1 is 1.13 bits per heavy atom. The lowest BCUT2D eigenvalue weighted by atomic mass is 9.86. The number of carbonyl (C=O) groups excluding carboxylic acids is 1. The molecular formula is C18H20N2O3. The number of carboxylic acid groups (broad SMARTS) is 1. The molecule has 0 amide bonds. The van der Waals surface area contributed by atoms with E-state index in [2.05, 4.69) is 10.3 Å². The molecule has 0 aliphatic heterocycles. The molecule has 1 aromatic carbocycles. The van der Waals surface area contributed by atoms with E-state index in [1.807, 2.05) is 20.8 Å². The van der Waals surface area contributed by atoms with Crippen molar-refractivity contribution in [3.8, 4) is 11.1 Å². The normalized spacial score (nSPS) is 11.1. The van der Waals surface area contributed by atoms with Gasteiger partial charge in [-0.3, -0.25) is 4.79 Å². The zero-order chi connectivity index (χ0) is 17.2. The molecule has 1 heterocycles. The SMILES string of the molecule is CNc1ncc(-c2cccc(C(=O)O)c2)cc1C(=O)C(C)(C)C. The molecule has 0 fully saturated rings. The van der Waals surface area contributed by atoms with Gasteiger partial charge in [0.05, 0.1) is 11.1 Å². The zero-order valence-corrected chi connectivity index (χ0v) is 13.7. The largest absolute Gasteiger partial charge is 0.478 e. The number of carboxylic acids is 1. The molecular weight excluding hydrogens is 292 g/mol. The van der Waals surface area contributed by atoms with Gasteiger partial charge in [0.1, 0.15) is 5.82 Å². The monoisotopic (exact) mass is 312 g/mol. The van der Waals surface area contributed by atoms with Crippen molar-refractivity contribution < 1.29 is 14.7 Å². The standard InChI is InChI=1S/C18H20N2O3/c1-18(2,3)15(21)14-9-13(10-20-16(14)19-4)11-6-5-7-12(8-11)17(22)23/h5-10H,1-4H3,(H,19,20)(H,22,23). The molecule has 0 atom stereocenters.